The lowest BCUT2D eigenvalue weighted by Gasteiger charge is -2.43. The van der Waals surface area contributed by atoms with Crippen molar-refractivity contribution in [1.82, 2.24) is 24.9 Å². The highest BCUT2D eigenvalue weighted by molar-refractivity contribution is 5.99. The number of carbonyl (C=O) groups excluding carboxylic acids is 2. The molecule has 8 heteroatoms. The van der Waals surface area contributed by atoms with Crippen LogP contribution in [0.4, 0.5) is 0 Å². The Morgan fingerprint density at radius 3 is 2.66 bits per heavy atom. The fraction of sp³-hybridized carbons (Fsp3) is 0.458. The molecule has 3 aromatic rings. The van der Waals surface area contributed by atoms with Gasteiger partial charge in [0.15, 0.2) is 11.5 Å². The number of piperidine rings is 1. The molecule has 8 nitrogen and oxygen atoms in total. The van der Waals surface area contributed by atoms with Crippen molar-refractivity contribution in [3.05, 3.63) is 46.9 Å². The summed E-state index contributed by atoms with van der Waals surface area (Å²) in [4.78, 5) is 27.9. The normalized spacial score (nSPS) is 18.1. The number of aromatic nitrogens is 4. The van der Waals surface area contributed by atoms with Crippen LogP contribution in [0.15, 0.2) is 24.4 Å². The maximum Gasteiger partial charge on any atom is 0.253 e. The van der Waals surface area contributed by atoms with Gasteiger partial charge in [0, 0.05) is 42.2 Å². The van der Waals surface area contributed by atoms with Crippen LogP contribution in [-0.4, -0.2) is 49.7 Å². The number of Topliss-reactive ketones (excluding diaryl/α,β-unsaturated/α-hetero) is 1. The SMILES string of the molecule is CC(C)(C)n1cc2c(n1)C(=O)CC1(CCN(C(=O)c3ccc4[nH]nc(C#N)c4c3)CC1)C2. The van der Waals surface area contributed by atoms with E-state index in [0.717, 1.165) is 30.3 Å². The Kier molecular flexibility index (Phi) is 4.48. The molecule has 1 spiro atoms. The monoisotopic (exact) mass is 430 g/mol. The van der Waals surface area contributed by atoms with Crippen LogP contribution in [0.5, 0.6) is 0 Å². The molecule has 0 unspecified atom stereocenters. The van der Waals surface area contributed by atoms with E-state index in [4.69, 9.17) is 0 Å². The van der Waals surface area contributed by atoms with Gasteiger partial charge in [-0.05, 0) is 63.6 Å². The lowest BCUT2D eigenvalue weighted by atomic mass is 9.67. The average molecular weight is 431 g/mol. The number of aromatic amines is 1. The lowest BCUT2D eigenvalue weighted by Crippen LogP contribution is -2.46. The lowest BCUT2D eigenvalue weighted by molar-refractivity contribution is 0.0520. The highest BCUT2D eigenvalue weighted by Crippen LogP contribution is 2.43. The van der Waals surface area contributed by atoms with Gasteiger partial charge in [-0.15, -0.1) is 0 Å². The molecule has 32 heavy (non-hydrogen) atoms. The van der Waals surface area contributed by atoms with Crippen molar-refractivity contribution >= 4 is 22.6 Å². The van der Waals surface area contributed by atoms with Crippen LogP contribution in [0.3, 0.4) is 0 Å². The summed E-state index contributed by atoms with van der Waals surface area (Å²) in [6.45, 7) is 7.47. The Hall–Kier alpha value is -3.47. The van der Waals surface area contributed by atoms with Gasteiger partial charge in [-0.25, -0.2) is 0 Å². The number of nitriles is 1. The molecule has 0 saturated carbocycles. The molecular weight excluding hydrogens is 404 g/mol. The summed E-state index contributed by atoms with van der Waals surface area (Å²) in [5.41, 5.74) is 2.97. The molecule has 2 aliphatic rings. The second-order valence-corrected chi connectivity index (χ2v) is 10.1. The van der Waals surface area contributed by atoms with E-state index in [-0.39, 0.29) is 22.6 Å². The number of hydrogen-bond donors (Lipinski definition) is 1. The highest BCUT2D eigenvalue weighted by Gasteiger charge is 2.43. The molecule has 5 rings (SSSR count). The van der Waals surface area contributed by atoms with Crippen LogP contribution in [0.1, 0.15) is 72.1 Å². The number of carbonyl (C=O) groups is 2. The number of H-pyrrole nitrogens is 1. The van der Waals surface area contributed by atoms with E-state index in [2.05, 4.69) is 42.1 Å². The van der Waals surface area contributed by atoms with Gasteiger partial charge in [-0.1, -0.05) is 0 Å². The quantitative estimate of drug-likeness (QED) is 0.636. The maximum absolute atomic E-state index is 13.1. The molecule has 1 amide bonds. The Morgan fingerprint density at radius 2 is 1.97 bits per heavy atom. The molecule has 1 aliphatic carbocycles. The minimum atomic E-state index is -0.165. The first-order chi connectivity index (χ1) is 15.2. The third kappa shape index (κ3) is 3.29. The van der Waals surface area contributed by atoms with E-state index in [1.54, 1.807) is 18.2 Å². The molecule has 0 atom stereocenters. The zero-order chi connectivity index (χ0) is 22.7. The number of nitrogens with zero attached hydrogens (tertiary/aromatic N) is 5. The minimum absolute atomic E-state index is 0.0461. The molecule has 3 heterocycles. The van der Waals surface area contributed by atoms with Crippen molar-refractivity contribution in [2.45, 2.75) is 52.0 Å². The standard InChI is InChI=1S/C24H26N6O2/c1-23(2,3)30-14-16-11-24(12-20(31)21(16)28-30)6-8-29(9-7-24)22(32)15-4-5-18-17(10-15)19(13-25)27-26-18/h4-5,10,14H,6-9,11-12H2,1-3H3,(H,26,27). The molecule has 1 saturated heterocycles. The Morgan fingerprint density at radius 1 is 1.22 bits per heavy atom. The molecular formula is C24H26N6O2. The van der Waals surface area contributed by atoms with Gasteiger partial charge in [0.1, 0.15) is 11.8 Å². The third-order valence-electron chi connectivity index (χ3n) is 6.87. The third-order valence-corrected chi connectivity index (χ3v) is 6.87. The van der Waals surface area contributed by atoms with Crippen LogP contribution in [0.25, 0.3) is 10.9 Å². The summed E-state index contributed by atoms with van der Waals surface area (Å²) < 4.78 is 1.90. The van der Waals surface area contributed by atoms with E-state index in [1.807, 2.05) is 15.8 Å². The van der Waals surface area contributed by atoms with Gasteiger partial charge in [0.2, 0.25) is 0 Å². The van der Waals surface area contributed by atoms with E-state index in [9.17, 15) is 14.9 Å². The second kappa shape index (κ2) is 7.02. The van der Waals surface area contributed by atoms with Crippen molar-refractivity contribution < 1.29 is 9.59 Å². The van der Waals surface area contributed by atoms with Crippen LogP contribution < -0.4 is 0 Å². The Labute approximate surface area is 186 Å². The van der Waals surface area contributed by atoms with Gasteiger partial charge in [-0.2, -0.15) is 15.5 Å². The van der Waals surface area contributed by atoms with E-state index < -0.39 is 0 Å². The smallest absolute Gasteiger partial charge is 0.253 e. The summed E-state index contributed by atoms with van der Waals surface area (Å²) in [5.74, 6) is 0.0682. The van der Waals surface area contributed by atoms with Crippen molar-refractivity contribution in [3.8, 4) is 6.07 Å². The summed E-state index contributed by atoms with van der Waals surface area (Å²) in [6.07, 6.45) is 4.94. The van der Waals surface area contributed by atoms with Crippen LogP contribution in [0.2, 0.25) is 0 Å². The number of likely N-dealkylation sites (tertiary alicyclic amines) is 1. The van der Waals surface area contributed by atoms with Crippen LogP contribution in [0, 0.1) is 16.7 Å². The van der Waals surface area contributed by atoms with Crippen LogP contribution >= 0.6 is 0 Å². The molecule has 1 aliphatic heterocycles. The van der Waals surface area contributed by atoms with Crippen molar-refractivity contribution in [2.24, 2.45) is 5.41 Å². The first kappa shape index (κ1) is 20.4. The maximum atomic E-state index is 13.1. The number of amides is 1. The summed E-state index contributed by atoms with van der Waals surface area (Å²) in [7, 11) is 0. The van der Waals surface area contributed by atoms with Gasteiger partial charge in [-0.3, -0.25) is 19.4 Å². The average Bonchev–Trinajstić information content (AvgIpc) is 3.37. The number of benzene rings is 1. The van der Waals surface area contributed by atoms with E-state index in [0.29, 0.717) is 41.8 Å². The van der Waals surface area contributed by atoms with E-state index >= 15 is 0 Å². The topological polar surface area (TPSA) is 108 Å². The largest absolute Gasteiger partial charge is 0.339 e. The molecule has 1 aromatic carbocycles. The van der Waals surface area contributed by atoms with Crippen molar-refractivity contribution in [3.63, 3.8) is 0 Å². The first-order valence-electron chi connectivity index (χ1n) is 11.0. The van der Waals surface area contributed by atoms with Crippen molar-refractivity contribution in [1.29, 1.82) is 5.26 Å². The Balaban J connectivity index is 1.33. The first-order valence-corrected chi connectivity index (χ1v) is 11.0. The molecule has 2 aromatic heterocycles. The summed E-state index contributed by atoms with van der Waals surface area (Å²) in [6, 6.07) is 7.35. The minimum Gasteiger partial charge on any atom is -0.339 e. The number of fused-ring (bicyclic) bond motifs is 2. The molecule has 1 N–H and O–H groups in total. The number of nitrogens with one attached hydrogen (secondary N) is 1. The second-order valence-electron chi connectivity index (χ2n) is 10.1. The van der Waals surface area contributed by atoms with Crippen molar-refractivity contribution in [2.75, 3.05) is 13.1 Å². The predicted octanol–water partition coefficient (Wildman–Crippen LogP) is 3.44. The fourth-order valence-corrected chi connectivity index (χ4v) is 4.96. The van der Waals surface area contributed by atoms with Gasteiger partial charge >= 0.3 is 0 Å². The van der Waals surface area contributed by atoms with Gasteiger partial charge in [0.05, 0.1) is 11.1 Å². The van der Waals surface area contributed by atoms with E-state index in [1.165, 1.54) is 0 Å². The molecule has 1 fully saturated rings. The number of rotatable bonds is 1. The number of ketones is 1. The summed E-state index contributed by atoms with van der Waals surface area (Å²) >= 11 is 0. The molecule has 0 radical (unpaired) electrons. The molecule has 164 valence electrons. The Bertz CT molecular complexity index is 1280. The highest BCUT2D eigenvalue weighted by atomic mass is 16.2. The molecule has 0 bridgehead atoms. The van der Waals surface area contributed by atoms with Gasteiger partial charge < -0.3 is 4.90 Å². The van der Waals surface area contributed by atoms with Crippen LogP contribution in [-0.2, 0) is 12.0 Å². The fourth-order valence-electron chi connectivity index (χ4n) is 4.96. The zero-order valence-electron chi connectivity index (χ0n) is 18.6. The summed E-state index contributed by atoms with van der Waals surface area (Å²) in [5, 5.41) is 21.2. The predicted molar refractivity (Wildman–Crippen MR) is 118 cm³/mol. The van der Waals surface area contributed by atoms with Gasteiger partial charge in [0.25, 0.3) is 5.91 Å². The zero-order valence-corrected chi connectivity index (χ0v) is 18.6. The number of hydrogen-bond acceptors (Lipinski definition) is 5.